The van der Waals surface area contributed by atoms with Crippen molar-refractivity contribution in [3.63, 3.8) is 0 Å². The van der Waals surface area contributed by atoms with E-state index in [0.717, 1.165) is 37.1 Å². The topological polar surface area (TPSA) is 63.1 Å². The average molecular weight is 423 g/mol. The van der Waals surface area contributed by atoms with Gasteiger partial charge in [0.25, 0.3) is 5.91 Å². The molecule has 0 aliphatic carbocycles. The Balaban J connectivity index is 1.59. The molecule has 2 heterocycles. The van der Waals surface area contributed by atoms with Gasteiger partial charge < -0.3 is 15.0 Å². The van der Waals surface area contributed by atoms with Gasteiger partial charge in [0.2, 0.25) is 0 Å². The van der Waals surface area contributed by atoms with Gasteiger partial charge in [-0.05, 0) is 55.5 Å². The molecule has 0 spiro atoms. The molecule has 4 rings (SSSR count). The van der Waals surface area contributed by atoms with Gasteiger partial charge in [0.15, 0.2) is 6.67 Å². The summed E-state index contributed by atoms with van der Waals surface area (Å²) in [6.07, 6.45) is 5.00. The van der Waals surface area contributed by atoms with Crippen LogP contribution in [0.3, 0.4) is 0 Å². The standard InChI is InChI=1S/C25H31N3O3/c1-3-25(20-10-6-4-7-11-20)23(29)28(24(30)26-25)18-27-17-9-5-8-12-22(27)19-13-15-21(31-2)16-14-19/h4,6-7,10-11,13-16,22H,3,5,8-9,12,17-18H2,1-2H3,(H,26,30)/p+1/t22-,25-/m1/s1. The van der Waals surface area contributed by atoms with Gasteiger partial charge in [0.05, 0.1) is 13.7 Å². The van der Waals surface area contributed by atoms with E-state index in [9.17, 15) is 9.59 Å². The van der Waals surface area contributed by atoms with E-state index in [0.29, 0.717) is 13.1 Å². The Morgan fingerprint density at radius 1 is 1.06 bits per heavy atom. The van der Waals surface area contributed by atoms with E-state index in [1.807, 2.05) is 49.4 Å². The summed E-state index contributed by atoms with van der Waals surface area (Å²) in [5.74, 6) is 0.694. The maximum atomic E-state index is 13.6. The lowest BCUT2D eigenvalue weighted by molar-refractivity contribution is -0.938. The first-order valence-electron chi connectivity index (χ1n) is 11.3. The molecular weight excluding hydrogens is 390 g/mol. The third-order valence-electron chi connectivity index (χ3n) is 6.84. The van der Waals surface area contributed by atoms with E-state index in [1.54, 1.807) is 7.11 Å². The van der Waals surface area contributed by atoms with Gasteiger partial charge in [-0.25, -0.2) is 9.69 Å². The first-order valence-corrected chi connectivity index (χ1v) is 11.3. The smallest absolute Gasteiger partial charge is 0.329 e. The zero-order valence-corrected chi connectivity index (χ0v) is 18.4. The molecule has 3 amide bonds. The van der Waals surface area contributed by atoms with E-state index in [2.05, 4.69) is 17.4 Å². The van der Waals surface area contributed by atoms with Crippen LogP contribution in [0.25, 0.3) is 0 Å². The van der Waals surface area contributed by atoms with Crippen molar-refractivity contribution in [2.45, 2.75) is 50.6 Å². The third-order valence-corrected chi connectivity index (χ3v) is 6.84. The van der Waals surface area contributed by atoms with Crippen LogP contribution >= 0.6 is 0 Å². The Kier molecular flexibility index (Phi) is 6.28. The predicted octanol–water partition coefficient (Wildman–Crippen LogP) is 3.01. The molecule has 3 atom stereocenters. The fourth-order valence-corrected chi connectivity index (χ4v) is 5.02. The molecule has 1 unspecified atom stereocenters. The molecule has 0 saturated carbocycles. The van der Waals surface area contributed by atoms with Gasteiger partial charge in [-0.15, -0.1) is 0 Å². The molecule has 0 aromatic heterocycles. The molecule has 2 saturated heterocycles. The zero-order chi connectivity index (χ0) is 21.8. The number of rotatable bonds is 6. The van der Waals surface area contributed by atoms with E-state index < -0.39 is 5.54 Å². The van der Waals surface area contributed by atoms with Gasteiger partial charge in [0, 0.05) is 12.0 Å². The molecule has 2 aliphatic heterocycles. The van der Waals surface area contributed by atoms with Crippen LogP contribution in [0.4, 0.5) is 4.79 Å². The molecule has 0 radical (unpaired) electrons. The van der Waals surface area contributed by atoms with Gasteiger partial charge in [0.1, 0.15) is 17.3 Å². The highest BCUT2D eigenvalue weighted by Crippen LogP contribution is 2.32. The summed E-state index contributed by atoms with van der Waals surface area (Å²) in [5, 5.41) is 3.02. The summed E-state index contributed by atoms with van der Waals surface area (Å²) in [5.41, 5.74) is 1.10. The van der Waals surface area contributed by atoms with Crippen LogP contribution in [0.1, 0.15) is 56.2 Å². The highest BCUT2D eigenvalue weighted by molar-refractivity contribution is 6.07. The Morgan fingerprint density at radius 3 is 2.48 bits per heavy atom. The van der Waals surface area contributed by atoms with E-state index >= 15 is 0 Å². The van der Waals surface area contributed by atoms with Gasteiger partial charge in [-0.1, -0.05) is 37.3 Å². The average Bonchev–Trinajstić information content (AvgIpc) is 2.95. The lowest BCUT2D eigenvalue weighted by Crippen LogP contribution is -3.13. The van der Waals surface area contributed by atoms with Crippen molar-refractivity contribution in [2.75, 3.05) is 20.3 Å². The molecule has 2 N–H and O–H groups in total. The second-order valence-electron chi connectivity index (χ2n) is 8.53. The number of likely N-dealkylation sites (tertiary alicyclic amines) is 1. The largest absolute Gasteiger partial charge is 0.497 e. The number of carbonyl (C=O) groups excluding carboxylic acids is 2. The van der Waals surface area contributed by atoms with Crippen molar-refractivity contribution >= 4 is 11.9 Å². The van der Waals surface area contributed by atoms with Crippen molar-refractivity contribution in [1.29, 1.82) is 0 Å². The second kappa shape index (κ2) is 9.10. The Labute approximate surface area is 184 Å². The number of carbonyl (C=O) groups is 2. The van der Waals surface area contributed by atoms with Gasteiger partial charge in [-0.3, -0.25) is 4.79 Å². The van der Waals surface area contributed by atoms with Crippen LogP contribution in [0.15, 0.2) is 54.6 Å². The fourth-order valence-electron chi connectivity index (χ4n) is 5.02. The number of methoxy groups -OCH3 is 1. The molecule has 2 fully saturated rings. The second-order valence-corrected chi connectivity index (χ2v) is 8.53. The van der Waals surface area contributed by atoms with E-state index in [1.165, 1.54) is 21.8 Å². The summed E-state index contributed by atoms with van der Waals surface area (Å²) < 4.78 is 5.31. The van der Waals surface area contributed by atoms with Crippen LogP contribution in [-0.4, -0.2) is 37.2 Å². The van der Waals surface area contributed by atoms with Crippen LogP contribution in [0, 0.1) is 0 Å². The zero-order valence-electron chi connectivity index (χ0n) is 18.4. The lowest BCUT2D eigenvalue weighted by atomic mass is 9.87. The summed E-state index contributed by atoms with van der Waals surface area (Å²) in [7, 11) is 1.67. The molecule has 0 bridgehead atoms. The molecule has 2 aromatic carbocycles. The van der Waals surface area contributed by atoms with Crippen LogP contribution in [-0.2, 0) is 10.3 Å². The quantitative estimate of drug-likeness (QED) is 0.704. The predicted molar refractivity (Wildman–Crippen MR) is 119 cm³/mol. The van der Waals surface area contributed by atoms with Crippen molar-refractivity contribution in [2.24, 2.45) is 0 Å². The minimum absolute atomic E-state index is 0.142. The maximum absolute atomic E-state index is 13.6. The highest BCUT2D eigenvalue weighted by atomic mass is 16.5. The van der Waals surface area contributed by atoms with E-state index in [-0.39, 0.29) is 18.0 Å². The third kappa shape index (κ3) is 4.04. The van der Waals surface area contributed by atoms with Crippen LogP contribution in [0.5, 0.6) is 5.75 Å². The van der Waals surface area contributed by atoms with Crippen molar-refractivity contribution in [3.8, 4) is 5.75 Å². The normalized spacial score (nSPS) is 26.5. The Morgan fingerprint density at radius 2 is 1.81 bits per heavy atom. The monoisotopic (exact) mass is 422 g/mol. The SMILES string of the molecule is CC[C@]1(c2ccccc2)NC(=O)N(C[NH+]2CCCCC[C@@H]2c2ccc(OC)cc2)C1=O. The molecule has 6 nitrogen and oxygen atoms in total. The fraction of sp³-hybridized carbons (Fsp3) is 0.440. The van der Waals surface area contributed by atoms with Crippen molar-refractivity contribution < 1.29 is 19.2 Å². The van der Waals surface area contributed by atoms with Gasteiger partial charge in [-0.2, -0.15) is 0 Å². The number of amides is 3. The molecule has 164 valence electrons. The summed E-state index contributed by atoms with van der Waals surface area (Å²) in [6, 6.07) is 17.8. The van der Waals surface area contributed by atoms with Crippen molar-refractivity contribution in [1.82, 2.24) is 10.2 Å². The Hall–Kier alpha value is -2.86. The number of ether oxygens (including phenoxy) is 1. The van der Waals surface area contributed by atoms with Crippen LogP contribution < -0.4 is 15.0 Å². The lowest BCUT2D eigenvalue weighted by Gasteiger charge is -2.30. The number of benzene rings is 2. The van der Waals surface area contributed by atoms with Crippen LogP contribution in [0.2, 0.25) is 0 Å². The Bertz CT molecular complexity index is 915. The summed E-state index contributed by atoms with van der Waals surface area (Å²) >= 11 is 0. The number of hydrogen-bond donors (Lipinski definition) is 2. The number of quaternary nitrogens is 1. The maximum Gasteiger partial charge on any atom is 0.329 e. The molecule has 6 heteroatoms. The molecular formula is C25H32N3O3+. The number of imide groups is 1. The minimum Gasteiger partial charge on any atom is -0.497 e. The first-order chi connectivity index (χ1) is 15.1. The molecule has 2 aromatic rings. The summed E-state index contributed by atoms with van der Waals surface area (Å²) in [4.78, 5) is 29.3. The first kappa shape index (κ1) is 21.4. The van der Waals surface area contributed by atoms with Crippen molar-refractivity contribution in [3.05, 3.63) is 65.7 Å². The molecule has 2 aliphatic rings. The number of nitrogens with zero attached hydrogens (tertiary/aromatic N) is 1. The van der Waals surface area contributed by atoms with Gasteiger partial charge >= 0.3 is 6.03 Å². The number of urea groups is 1. The molecule has 31 heavy (non-hydrogen) atoms. The number of nitrogens with one attached hydrogen (secondary N) is 2. The highest BCUT2D eigenvalue weighted by Gasteiger charge is 2.52. The number of hydrogen-bond acceptors (Lipinski definition) is 3. The van der Waals surface area contributed by atoms with E-state index in [4.69, 9.17) is 4.74 Å². The summed E-state index contributed by atoms with van der Waals surface area (Å²) in [6.45, 7) is 3.28. The minimum atomic E-state index is -0.973.